The minimum absolute atomic E-state index is 0.138. The average Bonchev–Trinajstić information content (AvgIpc) is 3.46. The molecule has 4 nitrogen and oxygen atoms in total. The third-order valence-electron chi connectivity index (χ3n) is 5.82. The van der Waals surface area contributed by atoms with E-state index in [4.69, 9.17) is 5.73 Å². The van der Waals surface area contributed by atoms with Gasteiger partial charge >= 0.3 is 0 Å². The monoisotopic (exact) mass is 384 g/mol. The van der Waals surface area contributed by atoms with Crippen molar-refractivity contribution in [1.82, 2.24) is 4.72 Å². The van der Waals surface area contributed by atoms with Gasteiger partial charge in [0.25, 0.3) is 0 Å². The molecule has 0 amide bonds. The van der Waals surface area contributed by atoms with Gasteiger partial charge in [0.1, 0.15) is 0 Å². The Hall–Kier alpha value is -1.69. The van der Waals surface area contributed by atoms with Gasteiger partial charge in [-0.2, -0.15) is 0 Å². The summed E-state index contributed by atoms with van der Waals surface area (Å²) in [4.78, 5) is 0. The van der Waals surface area contributed by atoms with Crippen LogP contribution >= 0.6 is 0 Å². The Morgan fingerprint density at radius 3 is 2.52 bits per heavy atom. The zero-order valence-electron chi connectivity index (χ0n) is 15.6. The molecule has 4 rings (SSSR count). The molecule has 0 spiro atoms. The van der Waals surface area contributed by atoms with Crippen molar-refractivity contribution in [3.05, 3.63) is 70.8 Å². The number of hydrogen-bond donors (Lipinski definition) is 2. The lowest BCUT2D eigenvalue weighted by Crippen LogP contribution is -2.34. The molecule has 1 fully saturated rings. The number of rotatable bonds is 7. The molecule has 0 radical (unpaired) electrons. The maximum atomic E-state index is 12.2. The number of aryl methyl sites for hydroxylation is 1. The molecule has 0 saturated heterocycles. The third kappa shape index (κ3) is 4.78. The van der Waals surface area contributed by atoms with Gasteiger partial charge < -0.3 is 5.73 Å². The Morgan fingerprint density at radius 1 is 1.00 bits per heavy atom. The van der Waals surface area contributed by atoms with Gasteiger partial charge in [0.05, 0.1) is 5.75 Å². The van der Waals surface area contributed by atoms with Crippen molar-refractivity contribution < 1.29 is 8.42 Å². The molecule has 0 aromatic heterocycles. The molecule has 0 unspecified atom stereocenters. The molecule has 2 aliphatic carbocycles. The molecule has 144 valence electrons. The summed E-state index contributed by atoms with van der Waals surface area (Å²) in [6, 6.07) is 17.0. The quantitative estimate of drug-likeness (QED) is 0.770. The van der Waals surface area contributed by atoms with Crippen molar-refractivity contribution in [2.45, 2.75) is 50.6 Å². The SMILES string of the molecule is N[C@H]1CCc2ccc(CNS(=O)(=O)CC3CC3)cc2[C@H]1Cc1ccccc1. The fraction of sp³-hybridized carbons (Fsp3) is 0.455. The molecule has 5 heteroatoms. The Balaban J connectivity index is 1.51. The largest absolute Gasteiger partial charge is 0.327 e. The highest BCUT2D eigenvalue weighted by Crippen LogP contribution is 2.34. The molecule has 0 heterocycles. The highest BCUT2D eigenvalue weighted by Gasteiger charge is 2.29. The zero-order chi connectivity index (χ0) is 18.9. The predicted octanol–water partition coefficient (Wildman–Crippen LogP) is 3.12. The smallest absolute Gasteiger partial charge is 0.212 e. The molecule has 3 N–H and O–H groups in total. The molecular weight excluding hydrogens is 356 g/mol. The van der Waals surface area contributed by atoms with Crippen LogP contribution in [0.1, 0.15) is 47.4 Å². The van der Waals surface area contributed by atoms with Gasteiger partial charge in [0.15, 0.2) is 0 Å². The van der Waals surface area contributed by atoms with E-state index in [9.17, 15) is 8.42 Å². The summed E-state index contributed by atoms with van der Waals surface area (Å²) in [6.45, 7) is 0.357. The summed E-state index contributed by atoms with van der Waals surface area (Å²) in [5.74, 6) is 0.901. The lowest BCUT2D eigenvalue weighted by molar-refractivity contribution is 0.467. The molecule has 2 aromatic carbocycles. The van der Waals surface area contributed by atoms with Gasteiger partial charge in [-0.1, -0.05) is 48.5 Å². The fourth-order valence-electron chi connectivity index (χ4n) is 4.06. The molecule has 0 aliphatic heterocycles. The van der Waals surface area contributed by atoms with Gasteiger partial charge in [0, 0.05) is 18.5 Å². The highest BCUT2D eigenvalue weighted by atomic mass is 32.2. The number of benzene rings is 2. The van der Waals surface area contributed by atoms with Crippen LogP contribution in [0.4, 0.5) is 0 Å². The summed E-state index contributed by atoms with van der Waals surface area (Å²) in [5, 5.41) is 0. The molecular formula is C22H28N2O2S. The van der Waals surface area contributed by atoms with Crippen LogP contribution < -0.4 is 10.5 Å². The van der Waals surface area contributed by atoms with Crippen molar-refractivity contribution in [1.29, 1.82) is 0 Å². The standard InChI is InChI=1S/C22H28N2O2S/c23-22-11-10-19-9-8-18(14-24-27(25,26)15-17-6-7-17)13-20(19)21(22)12-16-4-2-1-3-5-16/h1-5,8-9,13,17,21-22,24H,6-7,10-12,14-15,23H2/t21-,22+/m1/s1. The maximum Gasteiger partial charge on any atom is 0.212 e. The predicted molar refractivity (Wildman–Crippen MR) is 109 cm³/mol. The molecule has 27 heavy (non-hydrogen) atoms. The van der Waals surface area contributed by atoms with Gasteiger partial charge in [-0.15, -0.1) is 0 Å². The summed E-state index contributed by atoms with van der Waals surface area (Å²) in [7, 11) is -3.19. The number of hydrogen-bond acceptors (Lipinski definition) is 3. The van der Waals surface area contributed by atoms with Crippen LogP contribution in [0.3, 0.4) is 0 Å². The minimum Gasteiger partial charge on any atom is -0.327 e. The minimum atomic E-state index is -3.19. The highest BCUT2D eigenvalue weighted by molar-refractivity contribution is 7.89. The number of fused-ring (bicyclic) bond motifs is 1. The van der Waals surface area contributed by atoms with Crippen molar-refractivity contribution in [3.8, 4) is 0 Å². The Morgan fingerprint density at radius 2 is 1.78 bits per heavy atom. The van der Waals surface area contributed by atoms with E-state index in [1.807, 2.05) is 6.07 Å². The molecule has 0 bridgehead atoms. The third-order valence-corrected chi connectivity index (χ3v) is 7.31. The van der Waals surface area contributed by atoms with E-state index in [-0.39, 0.29) is 17.7 Å². The van der Waals surface area contributed by atoms with Crippen LogP contribution in [-0.4, -0.2) is 20.2 Å². The van der Waals surface area contributed by atoms with E-state index in [0.717, 1.165) is 37.7 Å². The second-order valence-electron chi connectivity index (χ2n) is 8.08. The second kappa shape index (κ2) is 7.74. The molecule has 2 aliphatic rings. The van der Waals surface area contributed by atoms with Gasteiger partial charge in [-0.05, 0) is 60.3 Å². The fourth-order valence-corrected chi connectivity index (χ4v) is 5.52. The van der Waals surface area contributed by atoms with Gasteiger partial charge in [-0.3, -0.25) is 0 Å². The topological polar surface area (TPSA) is 72.2 Å². The lowest BCUT2D eigenvalue weighted by atomic mass is 9.76. The van der Waals surface area contributed by atoms with E-state index in [2.05, 4.69) is 47.2 Å². The zero-order valence-corrected chi connectivity index (χ0v) is 16.4. The first kappa shape index (κ1) is 18.7. The molecule has 1 saturated carbocycles. The number of nitrogens with two attached hydrogens (primary N) is 1. The summed E-state index contributed by atoms with van der Waals surface area (Å²) < 4.78 is 27.1. The molecule has 2 aromatic rings. The molecule has 2 atom stereocenters. The Bertz CT molecular complexity index is 892. The summed E-state index contributed by atoms with van der Waals surface area (Å²) >= 11 is 0. The lowest BCUT2D eigenvalue weighted by Gasteiger charge is -2.32. The second-order valence-corrected chi connectivity index (χ2v) is 9.93. The van der Waals surface area contributed by atoms with E-state index in [1.165, 1.54) is 16.7 Å². The van der Waals surface area contributed by atoms with Crippen LogP contribution in [0.15, 0.2) is 48.5 Å². The average molecular weight is 385 g/mol. The number of nitrogens with one attached hydrogen (secondary N) is 1. The van der Waals surface area contributed by atoms with Crippen LogP contribution in [0.2, 0.25) is 0 Å². The van der Waals surface area contributed by atoms with Gasteiger partial charge in [0.2, 0.25) is 10.0 Å². The van der Waals surface area contributed by atoms with E-state index < -0.39 is 10.0 Å². The van der Waals surface area contributed by atoms with Gasteiger partial charge in [-0.25, -0.2) is 13.1 Å². The van der Waals surface area contributed by atoms with E-state index in [0.29, 0.717) is 12.5 Å². The van der Waals surface area contributed by atoms with Crippen molar-refractivity contribution in [3.63, 3.8) is 0 Å². The summed E-state index contributed by atoms with van der Waals surface area (Å²) in [6.07, 6.45) is 5.00. The number of sulfonamides is 1. The van der Waals surface area contributed by atoms with Crippen LogP contribution in [0.25, 0.3) is 0 Å². The Labute approximate surface area is 162 Å². The van der Waals surface area contributed by atoms with Crippen molar-refractivity contribution >= 4 is 10.0 Å². The van der Waals surface area contributed by atoms with Crippen LogP contribution in [0, 0.1) is 5.92 Å². The van der Waals surface area contributed by atoms with E-state index >= 15 is 0 Å². The van der Waals surface area contributed by atoms with Crippen molar-refractivity contribution in [2.75, 3.05) is 5.75 Å². The first-order valence-electron chi connectivity index (χ1n) is 9.89. The summed E-state index contributed by atoms with van der Waals surface area (Å²) in [5.41, 5.74) is 11.4. The van der Waals surface area contributed by atoms with Crippen LogP contribution in [0.5, 0.6) is 0 Å². The maximum absolute atomic E-state index is 12.2. The first-order valence-corrected chi connectivity index (χ1v) is 11.5. The van der Waals surface area contributed by atoms with Crippen LogP contribution in [-0.2, 0) is 29.4 Å². The van der Waals surface area contributed by atoms with E-state index in [1.54, 1.807) is 0 Å². The van der Waals surface area contributed by atoms with Crippen molar-refractivity contribution in [2.24, 2.45) is 11.7 Å². The Kier molecular flexibility index (Phi) is 5.35. The first-order chi connectivity index (χ1) is 13.0. The normalized spacial score (nSPS) is 22.4.